The summed E-state index contributed by atoms with van der Waals surface area (Å²) in [5.74, 6) is 0.797. The zero-order valence-electron chi connectivity index (χ0n) is 13.1. The topological polar surface area (TPSA) is 71.0 Å². The van der Waals surface area contributed by atoms with Gasteiger partial charge in [-0.25, -0.2) is 9.97 Å². The summed E-state index contributed by atoms with van der Waals surface area (Å²) in [4.78, 5) is 26.7. The van der Waals surface area contributed by atoms with Crippen molar-refractivity contribution in [1.29, 1.82) is 0 Å². The second-order valence-corrected chi connectivity index (χ2v) is 5.70. The van der Waals surface area contributed by atoms with Crippen LogP contribution >= 0.6 is 0 Å². The first-order valence-corrected chi connectivity index (χ1v) is 8.07. The first-order chi connectivity index (χ1) is 11.3. The van der Waals surface area contributed by atoms with Crippen LogP contribution in [0.3, 0.4) is 0 Å². The van der Waals surface area contributed by atoms with Gasteiger partial charge in [-0.2, -0.15) is 0 Å². The van der Waals surface area contributed by atoms with Crippen LogP contribution in [0.5, 0.6) is 0 Å². The van der Waals surface area contributed by atoms with Gasteiger partial charge in [0.25, 0.3) is 5.91 Å². The van der Waals surface area contributed by atoms with Gasteiger partial charge in [-0.3, -0.25) is 9.78 Å². The van der Waals surface area contributed by atoms with Gasteiger partial charge >= 0.3 is 0 Å². The van der Waals surface area contributed by atoms with E-state index in [9.17, 15) is 4.79 Å². The molecule has 2 aromatic heterocycles. The molecule has 0 atom stereocenters. The highest BCUT2D eigenvalue weighted by Gasteiger charge is 2.11. The number of hydrogen-bond donors (Lipinski definition) is 1. The van der Waals surface area contributed by atoms with E-state index in [1.54, 1.807) is 6.20 Å². The molecule has 0 aliphatic carbocycles. The van der Waals surface area contributed by atoms with E-state index in [2.05, 4.69) is 25.2 Å². The summed E-state index contributed by atoms with van der Waals surface area (Å²) in [7, 11) is 0. The molecule has 0 aromatic carbocycles. The Morgan fingerprint density at radius 2 is 1.87 bits per heavy atom. The molecule has 1 fully saturated rings. The first kappa shape index (κ1) is 15.4. The number of nitrogens with one attached hydrogen (secondary N) is 1. The number of aromatic nitrogens is 3. The van der Waals surface area contributed by atoms with Crippen molar-refractivity contribution in [1.82, 2.24) is 20.3 Å². The average molecular weight is 311 g/mol. The molecule has 3 heterocycles. The van der Waals surface area contributed by atoms with Gasteiger partial charge < -0.3 is 10.2 Å². The fourth-order valence-electron chi connectivity index (χ4n) is 2.70. The van der Waals surface area contributed by atoms with Crippen LogP contribution in [0.1, 0.15) is 41.7 Å². The normalized spacial score (nSPS) is 15.0. The van der Waals surface area contributed by atoms with Crippen LogP contribution in [0.15, 0.2) is 36.9 Å². The predicted octanol–water partition coefficient (Wildman–Crippen LogP) is 2.18. The second kappa shape index (κ2) is 7.67. The van der Waals surface area contributed by atoms with Gasteiger partial charge in [-0.05, 0) is 24.5 Å². The molecule has 6 nitrogen and oxygen atoms in total. The summed E-state index contributed by atoms with van der Waals surface area (Å²) in [5.41, 5.74) is 1.29. The van der Waals surface area contributed by atoms with E-state index in [-0.39, 0.29) is 5.91 Å². The minimum atomic E-state index is -0.227. The Kier molecular flexibility index (Phi) is 5.13. The summed E-state index contributed by atoms with van der Waals surface area (Å²) in [5, 5.41) is 2.83. The van der Waals surface area contributed by atoms with Crippen LogP contribution in [0.25, 0.3) is 0 Å². The lowest BCUT2D eigenvalue weighted by molar-refractivity contribution is 0.0945. The lowest BCUT2D eigenvalue weighted by Gasteiger charge is -2.21. The molecular formula is C17H21N5O. The van der Waals surface area contributed by atoms with Crippen molar-refractivity contribution >= 4 is 11.7 Å². The molecule has 120 valence electrons. The number of amides is 1. The summed E-state index contributed by atoms with van der Waals surface area (Å²) >= 11 is 0. The molecule has 1 aliphatic heterocycles. The van der Waals surface area contributed by atoms with Gasteiger partial charge in [-0.1, -0.05) is 18.9 Å². The summed E-state index contributed by atoms with van der Waals surface area (Å²) in [6, 6.07) is 4.05. The van der Waals surface area contributed by atoms with Crippen LogP contribution in [0.4, 0.5) is 5.82 Å². The highest BCUT2D eigenvalue weighted by Crippen LogP contribution is 2.17. The van der Waals surface area contributed by atoms with Crippen molar-refractivity contribution < 1.29 is 4.79 Å². The average Bonchev–Trinajstić information content (AvgIpc) is 2.90. The molecule has 1 aliphatic rings. The molecule has 0 saturated carbocycles. The Labute approximate surface area is 136 Å². The maximum atomic E-state index is 11.9. The summed E-state index contributed by atoms with van der Waals surface area (Å²) in [6.07, 6.45) is 11.4. The van der Waals surface area contributed by atoms with Gasteiger partial charge in [0.05, 0.1) is 6.20 Å². The molecule has 1 saturated heterocycles. The molecule has 6 heteroatoms. The molecule has 1 amide bonds. The van der Waals surface area contributed by atoms with Gasteiger partial charge in [0, 0.05) is 38.2 Å². The smallest absolute Gasteiger partial charge is 0.271 e. The lowest BCUT2D eigenvalue weighted by atomic mass is 10.2. The number of carbonyl (C=O) groups is 1. The van der Waals surface area contributed by atoms with Gasteiger partial charge in [-0.15, -0.1) is 0 Å². The molecule has 1 N–H and O–H groups in total. The van der Waals surface area contributed by atoms with Gasteiger partial charge in [0.2, 0.25) is 0 Å². The maximum Gasteiger partial charge on any atom is 0.271 e. The zero-order chi connectivity index (χ0) is 15.9. The monoisotopic (exact) mass is 311 g/mol. The third kappa shape index (κ3) is 4.25. The fourth-order valence-corrected chi connectivity index (χ4v) is 2.70. The summed E-state index contributed by atoms with van der Waals surface area (Å²) in [6.45, 7) is 2.59. The highest BCUT2D eigenvalue weighted by molar-refractivity contribution is 5.91. The van der Waals surface area contributed by atoms with Crippen LogP contribution < -0.4 is 10.2 Å². The maximum absolute atomic E-state index is 11.9. The number of nitrogens with zero attached hydrogens (tertiary/aromatic N) is 4. The molecule has 0 radical (unpaired) electrons. The largest absolute Gasteiger partial charge is 0.357 e. The van der Waals surface area contributed by atoms with Crippen molar-refractivity contribution in [2.24, 2.45) is 0 Å². The molecule has 3 rings (SSSR count). The van der Waals surface area contributed by atoms with E-state index in [0.29, 0.717) is 12.2 Å². The predicted molar refractivity (Wildman–Crippen MR) is 88.1 cm³/mol. The highest BCUT2D eigenvalue weighted by atomic mass is 16.1. The third-order valence-electron chi connectivity index (χ3n) is 3.99. The molecule has 0 unspecified atom stereocenters. The van der Waals surface area contributed by atoms with E-state index >= 15 is 0 Å². The zero-order valence-corrected chi connectivity index (χ0v) is 13.1. The van der Waals surface area contributed by atoms with Crippen LogP contribution in [-0.4, -0.2) is 33.9 Å². The van der Waals surface area contributed by atoms with Crippen molar-refractivity contribution in [3.63, 3.8) is 0 Å². The quantitative estimate of drug-likeness (QED) is 0.937. The number of anilines is 1. The van der Waals surface area contributed by atoms with E-state index < -0.39 is 0 Å². The molecule has 0 bridgehead atoms. The standard InChI is InChI=1S/C17H21N5O/c23-17(15-13-18-7-8-19-15)21-12-14-5-6-16(20-11-14)22-9-3-1-2-4-10-22/h5-8,11,13H,1-4,9-10,12H2,(H,21,23). The third-order valence-corrected chi connectivity index (χ3v) is 3.99. The Bertz CT molecular complexity index is 621. The molecule has 2 aromatic rings. The molecule has 0 spiro atoms. The second-order valence-electron chi connectivity index (χ2n) is 5.70. The van der Waals surface area contributed by atoms with Crippen molar-refractivity contribution in [2.75, 3.05) is 18.0 Å². The van der Waals surface area contributed by atoms with E-state index in [1.807, 2.05) is 18.3 Å². The van der Waals surface area contributed by atoms with Crippen LogP contribution in [0.2, 0.25) is 0 Å². The van der Waals surface area contributed by atoms with E-state index in [4.69, 9.17) is 0 Å². The van der Waals surface area contributed by atoms with Crippen molar-refractivity contribution in [3.05, 3.63) is 48.2 Å². The fraction of sp³-hybridized carbons (Fsp3) is 0.412. The number of pyridine rings is 1. The van der Waals surface area contributed by atoms with Crippen molar-refractivity contribution in [2.45, 2.75) is 32.2 Å². The van der Waals surface area contributed by atoms with Crippen LogP contribution in [-0.2, 0) is 6.54 Å². The van der Waals surface area contributed by atoms with Crippen molar-refractivity contribution in [3.8, 4) is 0 Å². The summed E-state index contributed by atoms with van der Waals surface area (Å²) < 4.78 is 0. The Hall–Kier alpha value is -2.50. The SMILES string of the molecule is O=C(NCc1ccc(N2CCCCCC2)nc1)c1cnccn1. The molecule has 23 heavy (non-hydrogen) atoms. The number of carbonyl (C=O) groups excluding carboxylic acids is 1. The minimum absolute atomic E-state index is 0.227. The number of hydrogen-bond acceptors (Lipinski definition) is 5. The lowest BCUT2D eigenvalue weighted by Crippen LogP contribution is -2.25. The van der Waals surface area contributed by atoms with E-state index in [1.165, 1.54) is 38.1 Å². The Morgan fingerprint density at radius 1 is 1.04 bits per heavy atom. The van der Waals surface area contributed by atoms with Crippen LogP contribution in [0, 0.1) is 0 Å². The molecular weight excluding hydrogens is 290 g/mol. The first-order valence-electron chi connectivity index (χ1n) is 8.07. The minimum Gasteiger partial charge on any atom is -0.357 e. The van der Waals surface area contributed by atoms with Gasteiger partial charge in [0.1, 0.15) is 11.5 Å². The van der Waals surface area contributed by atoms with E-state index in [0.717, 1.165) is 24.5 Å². The number of rotatable bonds is 4. The Morgan fingerprint density at radius 3 is 2.52 bits per heavy atom. The Balaban J connectivity index is 1.56. The van der Waals surface area contributed by atoms with Gasteiger partial charge in [0.15, 0.2) is 0 Å².